The SMILES string of the molecule is CCNC(=NCC1CN2CCCC2CO1)NCCc1ccccc1OC.I. The van der Waals surface area contributed by atoms with Crippen molar-refractivity contribution in [3.63, 3.8) is 0 Å². The van der Waals surface area contributed by atoms with Crippen molar-refractivity contribution in [2.45, 2.75) is 38.3 Å². The standard InChI is InChI=1S/C20H32N4O2.HI/c1-3-21-20(22-11-10-16-7-4-5-9-19(16)25-2)23-13-18-14-24-12-6-8-17(24)15-26-18;/h4-5,7,9,17-18H,3,6,8,10-15H2,1-2H3,(H2,21,22,23);1H. The van der Waals surface area contributed by atoms with Gasteiger partial charge in [-0.25, -0.2) is 0 Å². The van der Waals surface area contributed by atoms with E-state index in [1.165, 1.54) is 24.9 Å². The largest absolute Gasteiger partial charge is 0.496 e. The third kappa shape index (κ3) is 6.50. The first-order valence-electron chi connectivity index (χ1n) is 9.80. The van der Waals surface area contributed by atoms with E-state index < -0.39 is 0 Å². The minimum absolute atomic E-state index is 0. The van der Waals surface area contributed by atoms with E-state index >= 15 is 0 Å². The molecule has 2 saturated heterocycles. The molecule has 2 aliphatic heterocycles. The molecule has 27 heavy (non-hydrogen) atoms. The Morgan fingerprint density at radius 3 is 3.00 bits per heavy atom. The van der Waals surface area contributed by atoms with Gasteiger partial charge in [-0.2, -0.15) is 0 Å². The number of methoxy groups -OCH3 is 1. The predicted molar refractivity (Wildman–Crippen MR) is 120 cm³/mol. The summed E-state index contributed by atoms with van der Waals surface area (Å²) in [5, 5.41) is 6.74. The molecular weight excluding hydrogens is 455 g/mol. The number of halogens is 1. The maximum atomic E-state index is 6.00. The zero-order chi connectivity index (χ0) is 18.2. The van der Waals surface area contributed by atoms with Gasteiger partial charge in [-0.15, -0.1) is 24.0 Å². The number of hydrogen-bond acceptors (Lipinski definition) is 4. The van der Waals surface area contributed by atoms with Gasteiger partial charge < -0.3 is 20.1 Å². The van der Waals surface area contributed by atoms with Crippen LogP contribution in [0.2, 0.25) is 0 Å². The topological polar surface area (TPSA) is 58.1 Å². The second-order valence-corrected chi connectivity index (χ2v) is 6.95. The minimum Gasteiger partial charge on any atom is -0.496 e. The van der Waals surface area contributed by atoms with Crippen molar-refractivity contribution >= 4 is 29.9 Å². The quantitative estimate of drug-likeness (QED) is 0.351. The highest BCUT2D eigenvalue weighted by Gasteiger charge is 2.31. The highest BCUT2D eigenvalue weighted by Crippen LogP contribution is 2.22. The number of fused-ring (bicyclic) bond motifs is 1. The second-order valence-electron chi connectivity index (χ2n) is 6.95. The van der Waals surface area contributed by atoms with Crippen molar-refractivity contribution in [3.05, 3.63) is 29.8 Å². The van der Waals surface area contributed by atoms with Crippen LogP contribution in [0.1, 0.15) is 25.3 Å². The Morgan fingerprint density at radius 2 is 2.19 bits per heavy atom. The summed E-state index contributed by atoms with van der Waals surface area (Å²) < 4.78 is 11.4. The molecular formula is C20H33IN4O2. The van der Waals surface area contributed by atoms with Gasteiger partial charge in [0.2, 0.25) is 0 Å². The van der Waals surface area contributed by atoms with Crippen LogP contribution in [0.5, 0.6) is 5.75 Å². The van der Waals surface area contributed by atoms with Crippen LogP contribution in [0, 0.1) is 0 Å². The number of para-hydroxylation sites is 1. The molecule has 2 unspecified atom stereocenters. The molecule has 1 aromatic rings. The third-order valence-corrected chi connectivity index (χ3v) is 5.14. The van der Waals surface area contributed by atoms with Crippen LogP contribution in [0.4, 0.5) is 0 Å². The predicted octanol–water partition coefficient (Wildman–Crippen LogP) is 2.27. The third-order valence-electron chi connectivity index (χ3n) is 5.14. The smallest absolute Gasteiger partial charge is 0.191 e. The Labute approximate surface area is 180 Å². The van der Waals surface area contributed by atoms with Gasteiger partial charge in [0.25, 0.3) is 0 Å². The van der Waals surface area contributed by atoms with Gasteiger partial charge in [0, 0.05) is 25.7 Å². The van der Waals surface area contributed by atoms with Crippen molar-refractivity contribution in [2.75, 3.05) is 46.4 Å². The molecule has 152 valence electrons. The molecule has 0 aliphatic carbocycles. The van der Waals surface area contributed by atoms with Crippen molar-refractivity contribution < 1.29 is 9.47 Å². The Bertz CT molecular complexity index is 599. The minimum atomic E-state index is 0. The van der Waals surface area contributed by atoms with E-state index in [-0.39, 0.29) is 30.1 Å². The lowest BCUT2D eigenvalue weighted by Gasteiger charge is -2.34. The number of ether oxygens (including phenoxy) is 2. The Balaban J connectivity index is 0.00000261. The summed E-state index contributed by atoms with van der Waals surface area (Å²) in [7, 11) is 1.72. The van der Waals surface area contributed by atoms with Gasteiger partial charge in [-0.1, -0.05) is 18.2 Å². The first kappa shape index (κ1) is 22.2. The van der Waals surface area contributed by atoms with Crippen LogP contribution in [0.25, 0.3) is 0 Å². The summed E-state index contributed by atoms with van der Waals surface area (Å²) in [5.74, 6) is 1.79. The number of benzene rings is 1. The summed E-state index contributed by atoms with van der Waals surface area (Å²) >= 11 is 0. The van der Waals surface area contributed by atoms with Crippen molar-refractivity contribution in [1.29, 1.82) is 0 Å². The number of nitrogens with one attached hydrogen (secondary N) is 2. The Hall–Kier alpha value is -1.06. The normalized spacial score (nSPS) is 22.7. The van der Waals surface area contributed by atoms with Crippen LogP contribution in [-0.2, 0) is 11.2 Å². The summed E-state index contributed by atoms with van der Waals surface area (Å²) in [6.45, 7) is 7.53. The fraction of sp³-hybridized carbons (Fsp3) is 0.650. The summed E-state index contributed by atoms with van der Waals surface area (Å²) in [6, 6.07) is 8.79. The molecule has 6 nitrogen and oxygen atoms in total. The Kier molecular flexibility index (Phi) is 9.64. The average Bonchev–Trinajstić information content (AvgIpc) is 3.14. The van der Waals surface area contributed by atoms with Crippen LogP contribution >= 0.6 is 24.0 Å². The molecule has 0 radical (unpaired) electrons. The highest BCUT2D eigenvalue weighted by atomic mass is 127. The summed E-state index contributed by atoms with van der Waals surface area (Å²) in [4.78, 5) is 7.30. The van der Waals surface area contributed by atoms with Crippen molar-refractivity contribution in [1.82, 2.24) is 15.5 Å². The van der Waals surface area contributed by atoms with E-state index in [1.54, 1.807) is 7.11 Å². The van der Waals surface area contributed by atoms with Gasteiger partial charge in [-0.3, -0.25) is 9.89 Å². The van der Waals surface area contributed by atoms with Crippen LogP contribution in [0.15, 0.2) is 29.3 Å². The van der Waals surface area contributed by atoms with E-state index in [4.69, 9.17) is 14.5 Å². The van der Waals surface area contributed by atoms with Gasteiger partial charge in [0.15, 0.2) is 5.96 Å². The van der Waals surface area contributed by atoms with E-state index in [2.05, 4.69) is 28.5 Å². The Morgan fingerprint density at radius 1 is 1.33 bits per heavy atom. The molecule has 2 heterocycles. The summed E-state index contributed by atoms with van der Waals surface area (Å²) in [5.41, 5.74) is 1.20. The first-order chi connectivity index (χ1) is 12.8. The van der Waals surface area contributed by atoms with Crippen LogP contribution in [0.3, 0.4) is 0 Å². The van der Waals surface area contributed by atoms with E-state index in [0.717, 1.165) is 44.4 Å². The number of guanidine groups is 1. The zero-order valence-electron chi connectivity index (χ0n) is 16.4. The number of hydrogen-bond donors (Lipinski definition) is 2. The fourth-order valence-corrected chi connectivity index (χ4v) is 3.76. The molecule has 0 spiro atoms. The van der Waals surface area contributed by atoms with Crippen LogP contribution < -0.4 is 15.4 Å². The molecule has 2 N–H and O–H groups in total. The van der Waals surface area contributed by atoms with Crippen LogP contribution in [-0.4, -0.2) is 69.4 Å². The fourth-order valence-electron chi connectivity index (χ4n) is 3.76. The lowest BCUT2D eigenvalue weighted by Crippen LogP contribution is -2.47. The van der Waals surface area contributed by atoms with Gasteiger partial charge in [0.05, 0.1) is 26.4 Å². The molecule has 0 aromatic heterocycles. The number of morpholine rings is 1. The van der Waals surface area contributed by atoms with E-state index in [0.29, 0.717) is 12.6 Å². The molecule has 2 fully saturated rings. The average molecular weight is 488 g/mol. The molecule has 2 atom stereocenters. The maximum absolute atomic E-state index is 6.00. The van der Waals surface area contributed by atoms with E-state index in [1.807, 2.05) is 18.2 Å². The lowest BCUT2D eigenvalue weighted by atomic mass is 10.1. The monoisotopic (exact) mass is 488 g/mol. The van der Waals surface area contributed by atoms with Crippen molar-refractivity contribution in [3.8, 4) is 5.75 Å². The number of nitrogens with zero attached hydrogens (tertiary/aromatic N) is 2. The molecule has 2 aliphatic rings. The zero-order valence-corrected chi connectivity index (χ0v) is 18.8. The lowest BCUT2D eigenvalue weighted by molar-refractivity contribution is -0.0432. The molecule has 0 bridgehead atoms. The number of aliphatic imine (C=N–C) groups is 1. The van der Waals surface area contributed by atoms with E-state index in [9.17, 15) is 0 Å². The van der Waals surface area contributed by atoms with Gasteiger partial charge in [-0.05, 0) is 44.4 Å². The summed E-state index contributed by atoms with van der Waals surface area (Å²) in [6.07, 6.45) is 3.68. The first-order valence-corrected chi connectivity index (χ1v) is 9.80. The second kappa shape index (κ2) is 11.7. The maximum Gasteiger partial charge on any atom is 0.191 e. The van der Waals surface area contributed by atoms with Gasteiger partial charge in [0.1, 0.15) is 5.75 Å². The van der Waals surface area contributed by atoms with Gasteiger partial charge >= 0.3 is 0 Å². The molecule has 3 rings (SSSR count). The van der Waals surface area contributed by atoms with Crippen molar-refractivity contribution in [2.24, 2.45) is 4.99 Å². The molecule has 0 saturated carbocycles. The molecule has 0 amide bonds. The molecule has 1 aromatic carbocycles. The highest BCUT2D eigenvalue weighted by molar-refractivity contribution is 14.0. The number of rotatable bonds is 7. The molecule has 7 heteroatoms.